The lowest BCUT2D eigenvalue weighted by atomic mass is 10.3. The van der Waals surface area contributed by atoms with Crippen LogP contribution in [0.1, 0.15) is 19.8 Å². The van der Waals surface area contributed by atoms with Crippen molar-refractivity contribution in [2.24, 2.45) is 0 Å². The van der Waals surface area contributed by atoms with Crippen LogP contribution >= 0.6 is 11.6 Å². The topological polar surface area (TPSA) is 29.0 Å². The van der Waals surface area contributed by atoms with E-state index in [0.717, 1.165) is 18.8 Å². The molecule has 1 heterocycles. The number of unbranched alkanes of at least 4 members (excludes halogenated alkanes) is 1. The van der Waals surface area contributed by atoms with Gasteiger partial charge in [0.1, 0.15) is 0 Å². The number of hydrogen-bond acceptors (Lipinski definition) is 3. The second kappa shape index (κ2) is 5.02. The van der Waals surface area contributed by atoms with Gasteiger partial charge in [-0.25, -0.2) is 9.97 Å². The van der Waals surface area contributed by atoms with Crippen molar-refractivity contribution in [1.82, 2.24) is 9.97 Å². The van der Waals surface area contributed by atoms with Gasteiger partial charge in [0.15, 0.2) is 11.0 Å². The molecule has 0 unspecified atom stereocenters. The molecule has 72 valence electrons. The van der Waals surface area contributed by atoms with Crippen LogP contribution in [0, 0.1) is 0 Å². The van der Waals surface area contributed by atoms with E-state index in [0.29, 0.717) is 5.15 Å². The molecule has 0 saturated carbocycles. The first-order valence-electron chi connectivity index (χ1n) is 4.43. The van der Waals surface area contributed by atoms with Crippen molar-refractivity contribution in [1.29, 1.82) is 0 Å². The minimum atomic E-state index is 0.473. The Bertz CT molecular complexity index is 265. The van der Waals surface area contributed by atoms with E-state index in [-0.39, 0.29) is 0 Å². The number of halogens is 1. The summed E-state index contributed by atoms with van der Waals surface area (Å²) in [6, 6.07) is 0. The standard InChI is InChI=1S/C9H14ClN3/c1-3-4-7-13(2)9-8(10)11-5-6-12-9/h5-6H,3-4,7H2,1-2H3. The SMILES string of the molecule is CCCCN(C)c1nccnc1Cl. The zero-order chi connectivity index (χ0) is 9.68. The minimum absolute atomic E-state index is 0.473. The van der Waals surface area contributed by atoms with Gasteiger partial charge in [-0.2, -0.15) is 0 Å². The third-order valence-corrected chi connectivity index (χ3v) is 2.11. The number of anilines is 1. The maximum Gasteiger partial charge on any atom is 0.171 e. The highest BCUT2D eigenvalue weighted by atomic mass is 35.5. The van der Waals surface area contributed by atoms with Gasteiger partial charge in [-0.15, -0.1) is 0 Å². The second-order valence-electron chi connectivity index (χ2n) is 2.95. The second-order valence-corrected chi connectivity index (χ2v) is 3.30. The van der Waals surface area contributed by atoms with E-state index in [1.54, 1.807) is 12.4 Å². The lowest BCUT2D eigenvalue weighted by Gasteiger charge is -2.17. The van der Waals surface area contributed by atoms with E-state index in [4.69, 9.17) is 11.6 Å². The molecular formula is C9H14ClN3. The van der Waals surface area contributed by atoms with E-state index in [2.05, 4.69) is 16.9 Å². The molecule has 0 fully saturated rings. The van der Waals surface area contributed by atoms with Crippen molar-refractivity contribution in [2.75, 3.05) is 18.5 Å². The van der Waals surface area contributed by atoms with Crippen LogP contribution < -0.4 is 4.90 Å². The Morgan fingerprint density at radius 3 is 2.69 bits per heavy atom. The first-order valence-corrected chi connectivity index (χ1v) is 4.81. The fraction of sp³-hybridized carbons (Fsp3) is 0.556. The summed E-state index contributed by atoms with van der Waals surface area (Å²) in [5.41, 5.74) is 0. The Kier molecular flexibility index (Phi) is 3.96. The summed E-state index contributed by atoms with van der Waals surface area (Å²) in [7, 11) is 1.98. The van der Waals surface area contributed by atoms with E-state index >= 15 is 0 Å². The van der Waals surface area contributed by atoms with Gasteiger partial charge in [0.25, 0.3) is 0 Å². The molecule has 0 spiro atoms. The number of nitrogens with zero attached hydrogens (tertiary/aromatic N) is 3. The van der Waals surface area contributed by atoms with Gasteiger partial charge in [0.2, 0.25) is 0 Å². The quantitative estimate of drug-likeness (QED) is 0.746. The van der Waals surface area contributed by atoms with E-state index in [9.17, 15) is 0 Å². The predicted molar refractivity (Wildman–Crippen MR) is 55.2 cm³/mol. The molecule has 0 radical (unpaired) electrons. The molecule has 0 aliphatic heterocycles. The molecule has 3 nitrogen and oxygen atoms in total. The van der Waals surface area contributed by atoms with Crippen LogP contribution in [0.25, 0.3) is 0 Å². The van der Waals surface area contributed by atoms with Crippen molar-refractivity contribution in [2.45, 2.75) is 19.8 Å². The zero-order valence-corrected chi connectivity index (χ0v) is 8.75. The van der Waals surface area contributed by atoms with Crippen LogP contribution in [-0.4, -0.2) is 23.6 Å². The molecule has 0 atom stereocenters. The maximum atomic E-state index is 5.88. The summed E-state index contributed by atoms with van der Waals surface area (Å²) in [4.78, 5) is 10.2. The molecule has 13 heavy (non-hydrogen) atoms. The molecule has 1 rings (SSSR count). The first-order chi connectivity index (χ1) is 6.25. The zero-order valence-electron chi connectivity index (χ0n) is 8.00. The summed E-state index contributed by atoms with van der Waals surface area (Å²) in [5, 5.41) is 0.473. The minimum Gasteiger partial charge on any atom is -0.357 e. The van der Waals surface area contributed by atoms with Gasteiger partial charge in [0.05, 0.1) is 0 Å². The van der Waals surface area contributed by atoms with Crippen LogP contribution in [0.4, 0.5) is 5.82 Å². The van der Waals surface area contributed by atoms with Crippen LogP contribution in [0.2, 0.25) is 5.15 Å². The lowest BCUT2D eigenvalue weighted by Crippen LogP contribution is -2.20. The third kappa shape index (κ3) is 2.84. The highest BCUT2D eigenvalue weighted by molar-refractivity contribution is 6.31. The molecule has 0 aromatic carbocycles. The Morgan fingerprint density at radius 2 is 2.08 bits per heavy atom. The van der Waals surface area contributed by atoms with E-state index < -0.39 is 0 Å². The molecule has 4 heteroatoms. The average molecular weight is 200 g/mol. The summed E-state index contributed by atoms with van der Waals surface area (Å²) in [5.74, 6) is 0.762. The van der Waals surface area contributed by atoms with Crippen molar-refractivity contribution >= 4 is 17.4 Å². The Morgan fingerprint density at radius 1 is 1.38 bits per heavy atom. The summed E-state index contributed by atoms with van der Waals surface area (Å²) in [6.45, 7) is 3.13. The van der Waals surface area contributed by atoms with Gasteiger partial charge in [-0.05, 0) is 6.42 Å². The number of hydrogen-bond donors (Lipinski definition) is 0. The molecular weight excluding hydrogens is 186 g/mol. The Labute approximate surface area is 83.8 Å². The number of rotatable bonds is 4. The predicted octanol–water partition coefficient (Wildman–Crippen LogP) is 2.37. The van der Waals surface area contributed by atoms with Crippen molar-refractivity contribution in [3.8, 4) is 0 Å². The van der Waals surface area contributed by atoms with Gasteiger partial charge in [-0.3, -0.25) is 0 Å². The molecule has 0 N–H and O–H groups in total. The molecule has 0 saturated heterocycles. The molecule has 0 aliphatic carbocycles. The summed E-state index contributed by atoms with van der Waals surface area (Å²) >= 11 is 5.88. The smallest absolute Gasteiger partial charge is 0.171 e. The average Bonchev–Trinajstić information content (AvgIpc) is 2.15. The van der Waals surface area contributed by atoms with Crippen LogP contribution in [0.5, 0.6) is 0 Å². The largest absolute Gasteiger partial charge is 0.357 e. The summed E-state index contributed by atoms with van der Waals surface area (Å²) in [6.07, 6.45) is 5.56. The van der Waals surface area contributed by atoms with Gasteiger partial charge in [0, 0.05) is 26.0 Å². The number of aromatic nitrogens is 2. The molecule has 0 bridgehead atoms. The summed E-state index contributed by atoms with van der Waals surface area (Å²) < 4.78 is 0. The molecule has 1 aromatic heterocycles. The van der Waals surface area contributed by atoms with Gasteiger partial charge < -0.3 is 4.90 Å². The molecule has 1 aromatic rings. The van der Waals surface area contributed by atoms with Crippen molar-refractivity contribution in [3.05, 3.63) is 17.5 Å². The lowest BCUT2D eigenvalue weighted by molar-refractivity contribution is 0.758. The normalized spacial score (nSPS) is 10.1. The van der Waals surface area contributed by atoms with Crippen molar-refractivity contribution in [3.63, 3.8) is 0 Å². The molecule has 0 aliphatic rings. The van der Waals surface area contributed by atoms with Crippen molar-refractivity contribution < 1.29 is 0 Å². The van der Waals surface area contributed by atoms with Gasteiger partial charge in [-0.1, -0.05) is 24.9 Å². The fourth-order valence-electron chi connectivity index (χ4n) is 1.07. The Hall–Kier alpha value is -0.830. The van der Waals surface area contributed by atoms with Crippen LogP contribution in [-0.2, 0) is 0 Å². The van der Waals surface area contributed by atoms with E-state index in [1.807, 2.05) is 11.9 Å². The first kappa shape index (κ1) is 10.3. The Balaban J connectivity index is 2.65. The highest BCUT2D eigenvalue weighted by Crippen LogP contribution is 2.18. The van der Waals surface area contributed by atoms with Crippen LogP contribution in [0.3, 0.4) is 0 Å². The monoisotopic (exact) mass is 199 g/mol. The van der Waals surface area contributed by atoms with Crippen LogP contribution in [0.15, 0.2) is 12.4 Å². The maximum absolute atomic E-state index is 5.88. The highest BCUT2D eigenvalue weighted by Gasteiger charge is 2.06. The molecule has 0 amide bonds. The van der Waals surface area contributed by atoms with Gasteiger partial charge >= 0.3 is 0 Å². The van der Waals surface area contributed by atoms with E-state index in [1.165, 1.54) is 6.42 Å². The fourth-order valence-corrected chi connectivity index (χ4v) is 1.32. The third-order valence-electron chi connectivity index (χ3n) is 1.84.